The number of hydrogen-bond acceptors (Lipinski definition) is 4. The Morgan fingerprint density at radius 1 is 1.40 bits per heavy atom. The van der Waals surface area contributed by atoms with Gasteiger partial charge in [0.2, 0.25) is 0 Å². The molecule has 1 heterocycles. The van der Waals surface area contributed by atoms with Gasteiger partial charge in [-0.3, -0.25) is 4.98 Å². The molecule has 0 fully saturated rings. The van der Waals surface area contributed by atoms with Crippen LogP contribution in [-0.2, 0) is 6.42 Å². The van der Waals surface area contributed by atoms with Crippen LogP contribution in [0.25, 0.3) is 0 Å². The van der Waals surface area contributed by atoms with Crippen molar-refractivity contribution in [3.63, 3.8) is 0 Å². The molecular weight excluding hydrogens is 308 g/mol. The SMILES string of the molecule is CCCNC(CSc1ccccc1Cl)Cc1cncs1. The van der Waals surface area contributed by atoms with Crippen LogP contribution in [0.1, 0.15) is 18.2 Å². The molecule has 0 saturated carbocycles. The van der Waals surface area contributed by atoms with Crippen LogP contribution in [0.5, 0.6) is 0 Å². The number of thiazole rings is 1. The first-order valence-electron chi connectivity index (χ1n) is 6.77. The molecule has 1 aromatic heterocycles. The third-order valence-corrected chi connectivity index (χ3v) is 5.37. The van der Waals surface area contributed by atoms with Gasteiger partial charge in [-0.05, 0) is 31.5 Å². The largest absolute Gasteiger partial charge is 0.313 e. The Balaban J connectivity index is 1.91. The molecule has 0 spiro atoms. The molecule has 0 bridgehead atoms. The molecule has 1 unspecified atom stereocenters. The molecule has 0 saturated heterocycles. The van der Waals surface area contributed by atoms with E-state index in [9.17, 15) is 0 Å². The molecule has 0 aliphatic rings. The van der Waals surface area contributed by atoms with Crippen molar-refractivity contribution in [1.29, 1.82) is 0 Å². The van der Waals surface area contributed by atoms with Crippen molar-refractivity contribution < 1.29 is 0 Å². The third kappa shape index (κ3) is 5.09. The Kier molecular flexibility index (Phi) is 6.87. The molecule has 0 radical (unpaired) electrons. The zero-order valence-corrected chi connectivity index (χ0v) is 13.9. The topological polar surface area (TPSA) is 24.9 Å². The normalized spacial score (nSPS) is 12.5. The fraction of sp³-hybridized carbons (Fsp3) is 0.400. The fourth-order valence-corrected chi connectivity index (χ4v) is 3.85. The minimum absolute atomic E-state index is 0.455. The lowest BCUT2D eigenvalue weighted by atomic mass is 10.2. The molecule has 1 atom stereocenters. The van der Waals surface area contributed by atoms with Gasteiger partial charge in [0.1, 0.15) is 0 Å². The lowest BCUT2D eigenvalue weighted by Gasteiger charge is -2.17. The van der Waals surface area contributed by atoms with Gasteiger partial charge in [-0.2, -0.15) is 0 Å². The van der Waals surface area contributed by atoms with Crippen LogP contribution in [0.3, 0.4) is 0 Å². The molecule has 2 aromatic rings. The first kappa shape index (κ1) is 15.8. The number of aromatic nitrogens is 1. The molecule has 1 N–H and O–H groups in total. The summed E-state index contributed by atoms with van der Waals surface area (Å²) < 4.78 is 0. The van der Waals surface area contributed by atoms with Gasteiger partial charge in [-0.15, -0.1) is 23.1 Å². The Labute approximate surface area is 134 Å². The second kappa shape index (κ2) is 8.67. The minimum atomic E-state index is 0.455. The molecule has 2 rings (SSSR count). The van der Waals surface area contributed by atoms with Gasteiger partial charge in [0, 0.05) is 27.8 Å². The van der Waals surface area contributed by atoms with Crippen molar-refractivity contribution in [3.8, 4) is 0 Å². The number of halogens is 1. The van der Waals surface area contributed by atoms with Crippen molar-refractivity contribution in [2.24, 2.45) is 0 Å². The number of nitrogens with one attached hydrogen (secondary N) is 1. The van der Waals surface area contributed by atoms with Crippen LogP contribution in [0.15, 0.2) is 40.9 Å². The zero-order chi connectivity index (χ0) is 14.2. The number of thioether (sulfide) groups is 1. The maximum Gasteiger partial charge on any atom is 0.0794 e. The summed E-state index contributed by atoms with van der Waals surface area (Å²) in [5.74, 6) is 1.02. The zero-order valence-electron chi connectivity index (χ0n) is 11.5. The van der Waals surface area contributed by atoms with Crippen LogP contribution in [0.2, 0.25) is 5.02 Å². The highest BCUT2D eigenvalue weighted by molar-refractivity contribution is 7.99. The van der Waals surface area contributed by atoms with E-state index in [2.05, 4.69) is 23.3 Å². The first-order chi connectivity index (χ1) is 9.79. The quantitative estimate of drug-likeness (QED) is 0.723. The van der Waals surface area contributed by atoms with Crippen molar-refractivity contribution in [1.82, 2.24) is 10.3 Å². The summed E-state index contributed by atoms with van der Waals surface area (Å²) in [5.41, 5.74) is 1.90. The first-order valence-corrected chi connectivity index (χ1v) is 9.02. The maximum absolute atomic E-state index is 6.21. The highest BCUT2D eigenvalue weighted by Crippen LogP contribution is 2.27. The van der Waals surface area contributed by atoms with E-state index in [0.717, 1.165) is 35.1 Å². The van der Waals surface area contributed by atoms with Gasteiger partial charge < -0.3 is 5.32 Å². The maximum atomic E-state index is 6.21. The minimum Gasteiger partial charge on any atom is -0.313 e. The van der Waals surface area contributed by atoms with Crippen LogP contribution >= 0.6 is 34.7 Å². The van der Waals surface area contributed by atoms with Gasteiger partial charge in [-0.1, -0.05) is 30.7 Å². The van der Waals surface area contributed by atoms with Gasteiger partial charge in [0.25, 0.3) is 0 Å². The van der Waals surface area contributed by atoms with E-state index >= 15 is 0 Å². The predicted molar refractivity (Wildman–Crippen MR) is 90.1 cm³/mol. The number of rotatable bonds is 8. The Morgan fingerprint density at radius 2 is 2.25 bits per heavy atom. The van der Waals surface area contributed by atoms with Gasteiger partial charge in [0.15, 0.2) is 0 Å². The van der Waals surface area contributed by atoms with Gasteiger partial charge >= 0.3 is 0 Å². The van der Waals surface area contributed by atoms with Crippen LogP contribution in [0.4, 0.5) is 0 Å². The molecule has 1 aromatic carbocycles. The standard InChI is InChI=1S/C15H19ClN2S2/c1-2-7-18-12(8-13-9-17-11-20-13)10-19-15-6-4-3-5-14(15)16/h3-6,9,11-12,18H,2,7-8,10H2,1H3. The van der Waals surface area contributed by atoms with E-state index in [1.54, 1.807) is 11.3 Å². The summed E-state index contributed by atoms with van der Waals surface area (Å²) in [6, 6.07) is 8.48. The number of hydrogen-bond donors (Lipinski definition) is 1. The summed E-state index contributed by atoms with van der Waals surface area (Å²) >= 11 is 9.75. The van der Waals surface area contributed by atoms with Crippen LogP contribution in [0, 0.1) is 0 Å². The third-order valence-electron chi connectivity index (χ3n) is 2.89. The van der Waals surface area contributed by atoms with E-state index in [1.807, 2.05) is 41.7 Å². The fourth-order valence-electron chi connectivity index (χ4n) is 1.88. The van der Waals surface area contributed by atoms with Crippen molar-refractivity contribution in [3.05, 3.63) is 45.9 Å². The number of benzene rings is 1. The van der Waals surface area contributed by atoms with Gasteiger partial charge in [0.05, 0.1) is 10.5 Å². The van der Waals surface area contributed by atoms with Crippen molar-refractivity contribution >= 4 is 34.7 Å². The summed E-state index contributed by atoms with van der Waals surface area (Å²) in [7, 11) is 0. The molecule has 108 valence electrons. The van der Waals surface area contributed by atoms with Crippen LogP contribution < -0.4 is 5.32 Å². The Bertz CT molecular complexity index is 502. The average molecular weight is 327 g/mol. The summed E-state index contributed by atoms with van der Waals surface area (Å²) in [4.78, 5) is 6.64. The van der Waals surface area contributed by atoms with Gasteiger partial charge in [-0.25, -0.2) is 0 Å². The summed E-state index contributed by atoms with van der Waals surface area (Å²) in [6.45, 7) is 3.24. The summed E-state index contributed by atoms with van der Waals surface area (Å²) in [5, 5.41) is 4.45. The monoisotopic (exact) mass is 326 g/mol. The summed E-state index contributed by atoms with van der Waals surface area (Å²) in [6.07, 6.45) is 4.14. The second-order valence-corrected chi connectivity index (χ2v) is 7.00. The molecule has 0 amide bonds. The lowest BCUT2D eigenvalue weighted by Crippen LogP contribution is -2.33. The highest BCUT2D eigenvalue weighted by atomic mass is 35.5. The van der Waals surface area contributed by atoms with E-state index in [0.29, 0.717) is 6.04 Å². The number of nitrogens with zero attached hydrogens (tertiary/aromatic N) is 1. The Morgan fingerprint density at radius 3 is 2.95 bits per heavy atom. The molecule has 0 aliphatic carbocycles. The van der Waals surface area contributed by atoms with E-state index < -0.39 is 0 Å². The average Bonchev–Trinajstić information content (AvgIpc) is 2.96. The second-order valence-electron chi connectivity index (χ2n) is 4.56. The van der Waals surface area contributed by atoms with Crippen LogP contribution in [-0.4, -0.2) is 23.3 Å². The van der Waals surface area contributed by atoms with E-state index in [4.69, 9.17) is 11.6 Å². The predicted octanol–water partition coefficient (Wildman–Crippen LogP) is 4.50. The smallest absolute Gasteiger partial charge is 0.0794 e. The highest BCUT2D eigenvalue weighted by Gasteiger charge is 2.11. The van der Waals surface area contributed by atoms with Crippen molar-refractivity contribution in [2.75, 3.05) is 12.3 Å². The molecular formula is C15H19ClN2S2. The molecule has 5 heteroatoms. The molecule has 20 heavy (non-hydrogen) atoms. The van der Waals surface area contributed by atoms with Crippen molar-refractivity contribution in [2.45, 2.75) is 30.7 Å². The molecule has 2 nitrogen and oxygen atoms in total. The van der Waals surface area contributed by atoms with E-state index in [-0.39, 0.29) is 0 Å². The molecule has 0 aliphatic heterocycles. The lowest BCUT2D eigenvalue weighted by molar-refractivity contribution is 0.553. The Hall–Kier alpha value is -0.550. The van der Waals surface area contributed by atoms with E-state index in [1.165, 1.54) is 4.88 Å².